The van der Waals surface area contributed by atoms with Crippen LogP contribution >= 0.6 is 0 Å². The molecule has 4 rings (SSSR count). The van der Waals surface area contributed by atoms with Crippen LogP contribution in [0.25, 0.3) is 10.8 Å². The lowest BCUT2D eigenvalue weighted by atomic mass is 10.1. The summed E-state index contributed by atoms with van der Waals surface area (Å²) in [4.78, 5) is 14.5. The van der Waals surface area contributed by atoms with Gasteiger partial charge in [-0.3, -0.25) is 4.79 Å². The van der Waals surface area contributed by atoms with Gasteiger partial charge in [-0.25, -0.2) is 8.42 Å². The molecule has 0 radical (unpaired) electrons. The molecular weight excluding hydrogens is 340 g/mol. The normalized spacial score (nSPS) is 20.8. The summed E-state index contributed by atoms with van der Waals surface area (Å²) in [7, 11) is -2.03. The minimum Gasteiger partial charge on any atom is -0.380 e. The predicted molar refractivity (Wildman–Crippen MR) is 95.5 cm³/mol. The molecule has 1 saturated heterocycles. The predicted octanol–water partition coefficient (Wildman–Crippen LogP) is 2.23. The molecule has 6 nitrogen and oxygen atoms in total. The van der Waals surface area contributed by atoms with Crippen LogP contribution in [0, 0.1) is 0 Å². The minimum absolute atomic E-state index is 0.0660. The van der Waals surface area contributed by atoms with Crippen LogP contribution in [-0.4, -0.2) is 51.5 Å². The average molecular weight is 360 g/mol. The molecule has 1 fully saturated rings. The second-order valence-corrected chi connectivity index (χ2v) is 8.28. The molecule has 0 spiro atoms. The number of anilines is 1. The van der Waals surface area contributed by atoms with E-state index >= 15 is 0 Å². The third-order valence-electron chi connectivity index (χ3n) is 5.12. The second kappa shape index (κ2) is 5.79. The lowest BCUT2D eigenvalue weighted by Crippen LogP contribution is -2.30. The van der Waals surface area contributed by atoms with Crippen LogP contribution in [0.1, 0.15) is 23.7 Å². The van der Waals surface area contributed by atoms with Crippen molar-refractivity contribution in [2.45, 2.75) is 24.3 Å². The lowest BCUT2D eigenvalue weighted by Gasteiger charge is -2.19. The van der Waals surface area contributed by atoms with Gasteiger partial charge in [-0.15, -0.1) is 0 Å². The maximum absolute atomic E-state index is 13.2. The number of hydrogen-bond acceptors (Lipinski definition) is 4. The molecule has 1 atom stereocenters. The van der Waals surface area contributed by atoms with Gasteiger partial charge in [0.05, 0.1) is 16.7 Å². The number of carbonyl (C=O) groups is 1. The van der Waals surface area contributed by atoms with E-state index in [-0.39, 0.29) is 16.9 Å². The molecule has 2 aliphatic heterocycles. The zero-order chi connectivity index (χ0) is 17.8. The Labute approximate surface area is 147 Å². The number of nitrogens with zero attached hydrogens (tertiary/aromatic N) is 2. The summed E-state index contributed by atoms with van der Waals surface area (Å²) in [5.74, 6) is -0.0710. The van der Waals surface area contributed by atoms with Gasteiger partial charge in [0.25, 0.3) is 5.91 Å². The van der Waals surface area contributed by atoms with Crippen LogP contribution in [0.2, 0.25) is 0 Å². The summed E-state index contributed by atoms with van der Waals surface area (Å²) in [6, 6.07) is 8.66. The molecule has 0 saturated carbocycles. The van der Waals surface area contributed by atoms with Gasteiger partial charge in [0.1, 0.15) is 0 Å². The number of rotatable bonds is 4. The van der Waals surface area contributed by atoms with E-state index in [1.165, 1.54) is 4.31 Å². The topological polar surface area (TPSA) is 66.9 Å². The van der Waals surface area contributed by atoms with E-state index in [4.69, 9.17) is 4.74 Å². The fourth-order valence-electron chi connectivity index (χ4n) is 3.81. The molecule has 0 aliphatic carbocycles. The van der Waals surface area contributed by atoms with Crippen molar-refractivity contribution in [2.24, 2.45) is 0 Å². The molecule has 0 bridgehead atoms. The van der Waals surface area contributed by atoms with Gasteiger partial charge >= 0.3 is 0 Å². The Bertz CT molecular complexity index is 970. The van der Waals surface area contributed by atoms with Crippen LogP contribution in [0.4, 0.5) is 5.69 Å². The van der Waals surface area contributed by atoms with Gasteiger partial charge in [-0.1, -0.05) is 12.1 Å². The molecule has 132 valence electrons. The lowest BCUT2D eigenvalue weighted by molar-refractivity contribution is 0.0994. The highest BCUT2D eigenvalue weighted by molar-refractivity contribution is 7.89. The van der Waals surface area contributed by atoms with Crippen molar-refractivity contribution in [3.63, 3.8) is 0 Å². The molecular formula is C18H20N2O4S. The van der Waals surface area contributed by atoms with Crippen molar-refractivity contribution in [2.75, 3.05) is 31.6 Å². The summed E-state index contributed by atoms with van der Waals surface area (Å²) in [5.41, 5.74) is 1.36. The van der Waals surface area contributed by atoms with E-state index in [0.29, 0.717) is 37.0 Å². The van der Waals surface area contributed by atoms with E-state index in [1.807, 2.05) is 6.92 Å². The van der Waals surface area contributed by atoms with Gasteiger partial charge in [0, 0.05) is 43.1 Å². The summed E-state index contributed by atoms with van der Waals surface area (Å²) < 4.78 is 33.1. The fraction of sp³-hybridized carbons (Fsp3) is 0.389. The number of carbonyl (C=O) groups excluding carboxylic acids is 1. The van der Waals surface area contributed by atoms with Crippen molar-refractivity contribution < 1.29 is 17.9 Å². The first-order valence-corrected chi connectivity index (χ1v) is 9.83. The van der Waals surface area contributed by atoms with Crippen molar-refractivity contribution in [1.82, 2.24) is 4.31 Å². The third-order valence-corrected chi connectivity index (χ3v) is 7.04. The summed E-state index contributed by atoms with van der Waals surface area (Å²) >= 11 is 0. The van der Waals surface area contributed by atoms with Crippen molar-refractivity contribution >= 4 is 32.4 Å². The van der Waals surface area contributed by atoms with Gasteiger partial charge < -0.3 is 9.64 Å². The Morgan fingerprint density at radius 3 is 2.72 bits per heavy atom. The number of ether oxygens (including phenoxy) is 1. The molecule has 0 aromatic heterocycles. The molecule has 0 N–H and O–H groups in total. The Kier molecular flexibility index (Phi) is 3.82. The summed E-state index contributed by atoms with van der Waals surface area (Å²) in [6.45, 7) is 3.28. The van der Waals surface area contributed by atoms with Gasteiger partial charge in [-0.2, -0.15) is 4.31 Å². The molecule has 2 aliphatic rings. The Balaban J connectivity index is 1.88. The standard InChI is InChI=1S/C18H20N2O4S/c1-3-20-15-7-8-16(13-5-4-6-14(17(13)15)18(20)21)25(22,23)19-10-9-12(11-19)24-2/h4-8,12H,3,9-11H2,1-2H3/t12-/m1/s1. The highest BCUT2D eigenvalue weighted by Gasteiger charge is 2.36. The molecule has 2 aromatic carbocycles. The molecule has 2 aromatic rings. The monoisotopic (exact) mass is 360 g/mol. The van der Waals surface area contributed by atoms with E-state index in [9.17, 15) is 13.2 Å². The van der Waals surface area contributed by atoms with Crippen LogP contribution in [-0.2, 0) is 14.8 Å². The third kappa shape index (κ3) is 2.30. The summed E-state index contributed by atoms with van der Waals surface area (Å²) in [5, 5.41) is 1.35. The highest BCUT2D eigenvalue weighted by atomic mass is 32.2. The summed E-state index contributed by atoms with van der Waals surface area (Å²) in [6.07, 6.45) is 0.628. The van der Waals surface area contributed by atoms with Crippen LogP contribution in [0.15, 0.2) is 35.2 Å². The molecule has 0 unspecified atom stereocenters. The van der Waals surface area contributed by atoms with E-state index in [0.717, 1.165) is 11.1 Å². The van der Waals surface area contributed by atoms with Crippen molar-refractivity contribution in [3.8, 4) is 0 Å². The second-order valence-electron chi connectivity index (χ2n) is 6.37. The first-order chi connectivity index (χ1) is 12.0. The Morgan fingerprint density at radius 2 is 2.04 bits per heavy atom. The van der Waals surface area contributed by atoms with Gasteiger partial charge in [0.15, 0.2) is 0 Å². The van der Waals surface area contributed by atoms with E-state index in [2.05, 4.69) is 0 Å². The maximum Gasteiger partial charge on any atom is 0.258 e. The number of benzene rings is 2. The van der Waals surface area contributed by atoms with Crippen LogP contribution in [0.5, 0.6) is 0 Å². The molecule has 2 heterocycles. The van der Waals surface area contributed by atoms with Crippen LogP contribution < -0.4 is 4.90 Å². The van der Waals surface area contributed by atoms with E-state index < -0.39 is 10.0 Å². The zero-order valence-corrected chi connectivity index (χ0v) is 15.0. The van der Waals surface area contributed by atoms with Crippen LogP contribution in [0.3, 0.4) is 0 Å². The fourth-order valence-corrected chi connectivity index (χ4v) is 5.48. The van der Waals surface area contributed by atoms with Gasteiger partial charge in [0.2, 0.25) is 10.0 Å². The van der Waals surface area contributed by atoms with E-state index in [1.54, 1.807) is 42.3 Å². The smallest absolute Gasteiger partial charge is 0.258 e. The average Bonchev–Trinajstić information content (AvgIpc) is 3.20. The number of sulfonamides is 1. The van der Waals surface area contributed by atoms with Crippen molar-refractivity contribution in [3.05, 3.63) is 35.9 Å². The van der Waals surface area contributed by atoms with Gasteiger partial charge in [-0.05, 0) is 31.5 Å². The highest BCUT2D eigenvalue weighted by Crippen LogP contribution is 2.40. The van der Waals surface area contributed by atoms with Crippen molar-refractivity contribution in [1.29, 1.82) is 0 Å². The number of amides is 1. The SMILES string of the molecule is CCN1C(=O)c2cccc3c(S(=O)(=O)N4CC[C@@H](OC)C4)ccc1c23. The first kappa shape index (κ1) is 16.5. The quantitative estimate of drug-likeness (QED) is 0.839. The molecule has 1 amide bonds. The Morgan fingerprint density at radius 1 is 1.24 bits per heavy atom. The largest absolute Gasteiger partial charge is 0.380 e. The molecule has 7 heteroatoms. The Hall–Kier alpha value is -1.96. The zero-order valence-electron chi connectivity index (χ0n) is 14.2. The maximum atomic E-state index is 13.2. The number of hydrogen-bond donors (Lipinski definition) is 0. The first-order valence-electron chi connectivity index (χ1n) is 8.39. The number of methoxy groups -OCH3 is 1. The molecule has 25 heavy (non-hydrogen) atoms. The minimum atomic E-state index is -3.63.